The van der Waals surface area contributed by atoms with E-state index in [1.54, 1.807) is 12.1 Å². The average molecular weight is 345 g/mol. The number of alkyl halides is 2. The molecule has 118 valence electrons. The maximum absolute atomic E-state index is 12.0. The highest BCUT2D eigenvalue weighted by molar-refractivity contribution is 7.98. The van der Waals surface area contributed by atoms with Gasteiger partial charge in [-0.1, -0.05) is 11.8 Å². The van der Waals surface area contributed by atoms with E-state index >= 15 is 0 Å². The Morgan fingerprint density at radius 2 is 2.41 bits per heavy atom. The van der Waals surface area contributed by atoms with E-state index < -0.39 is 5.76 Å². The molecule has 0 saturated carbocycles. The summed E-state index contributed by atoms with van der Waals surface area (Å²) in [5, 5.41) is 6.47. The molecule has 0 saturated heterocycles. The summed E-state index contributed by atoms with van der Waals surface area (Å²) in [5.41, 5.74) is 3.05. The van der Waals surface area contributed by atoms with Crippen LogP contribution in [0, 0.1) is 6.92 Å². The molecule has 0 unspecified atom stereocenters. The molecule has 2 rings (SSSR count). The predicted molar refractivity (Wildman–Crippen MR) is 82.3 cm³/mol. The molecular weight excluding hydrogens is 332 g/mol. The van der Waals surface area contributed by atoms with Crippen molar-refractivity contribution < 1.29 is 18.0 Å². The van der Waals surface area contributed by atoms with Crippen molar-refractivity contribution in [3.63, 3.8) is 0 Å². The van der Waals surface area contributed by atoms with Crippen molar-refractivity contribution in [1.82, 2.24) is 10.4 Å². The van der Waals surface area contributed by atoms with E-state index in [2.05, 4.69) is 15.5 Å². The fraction of sp³-hybridized carbons (Fsp3) is 0.308. The van der Waals surface area contributed by atoms with Crippen molar-refractivity contribution in [2.75, 3.05) is 0 Å². The highest BCUT2D eigenvalue weighted by atomic mass is 32.2. The first-order valence-corrected chi connectivity index (χ1v) is 8.17. The van der Waals surface area contributed by atoms with E-state index in [9.17, 15) is 13.6 Å². The van der Waals surface area contributed by atoms with Gasteiger partial charge in [0, 0.05) is 5.38 Å². The van der Waals surface area contributed by atoms with Gasteiger partial charge in [-0.3, -0.25) is 4.79 Å². The fourth-order valence-electron chi connectivity index (χ4n) is 1.55. The van der Waals surface area contributed by atoms with Gasteiger partial charge < -0.3 is 4.42 Å². The number of halogens is 2. The number of carbonyl (C=O) groups is 1. The van der Waals surface area contributed by atoms with Gasteiger partial charge in [0.15, 0.2) is 0 Å². The van der Waals surface area contributed by atoms with Crippen LogP contribution in [0.1, 0.15) is 22.2 Å². The van der Waals surface area contributed by atoms with Gasteiger partial charge in [0.1, 0.15) is 11.5 Å². The molecule has 0 aliphatic heterocycles. The summed E-state index contributed by atoms with van der Waals surface area (Å²) in [6, 6.07) is 3.19. The van der Waals surface area contributed by atoms with Gasteiger partial charge in [0.25, 0.3) is 5.76 Å². The highest BCUT2D eigenvalue weighted by Crippen LogP contribution is 2.20. The molecule has 0 aliphatic rings. The van der Waals surface area contributed by atoms with Crippen LogP contribution in [0.25, 0.3) is 0 Å². The van der Waals surface area contributed by atoms with Crippen LogP contribution in [0.4, 0.5) is 8.78 Å². The Morgan fingerprint density at radius 3 is 3.09 bits per heavy atom. The second-order valence-corrected chi connectivity index (χ2v) is 6.24. The zero-order chi connectivity index (χ0) is 15.9. The Kier molecular flexibility index (Phi) is 6.08. The average Bonchev–Trinajstić information content (AvgIpc) is 3.06. The van der Waals surface area contributed by atoms with Crippen molar-refractivity contribution >= 4 is 35.2 Å². The second kappa shape index (κ2) is 8.04. The normalized spacial score (nSPS) is 11.5. The van der Waals surface area contributed by atoms with Gasteiger partial charge in [-0.15, -0.1) is 11.3 Å². The van der Waals surface area contributed by atoms with Gasteiger partial charge in [0.2, 0.25) is 5.91 Å². The highest BCUT2D eigenvalue weighted by Gasteiger charge is 2.07. The van der Waals surface area contributed by atoms with Gasteiger partial charge in [0.05, 0.1) is 29.1 Å². The smallest absolute Gasteiger partial charge is 0.284 e. The van der Waals surface area contributed by atoms with Crippen molar-refractivity contribution in [2.24, 2.45) is 5.10 Å². The summed E-state index contributed by atoms with van der Waals surface area (Å²) in [4.78, 5) is 15.8. The predicted octanol–water partition coefficient (Wildman–Crippen LogP) is 3.19. The fourth-order valence-corrected chi connectivity index (χ4v) is 2.61. The number of aromatic nitrogens is 1. The van der Waals surface area contributed by atoms with Crippen LogP contribution in [0.15, 0.2) is 27.0 Å². The van der Waals surface area contributed by atoms with E-state index in [0.29, 0.717) is 29.0 Å². The lowest BCUT2D eigenvalue weighted by atomic mass is 10.3. The minimum absolute atomic E-state index is 0.0844. The number of nitrogens with zero attached hydrogens (tertiary/aromatic N) is 2. The number of aryl methyl sites for hydroxylation is 1. The number of rotatable bonds is 7. The summed E-state index contributed by atoms with van der Waals surface area (Å²) in [6.45, 7) is 1.87. The lowest BCUT2D eigenvalue weighted by molar-refractivity contribution is -0.120. The molecular formula is C13H13F2N3O2S2. The van der Waals surface area contributed by atoms with Gasteiger partial charge in [-0.2, -0.15) is 13.9 Å². The Morgan fingerprint density at radius 1 is 1.59 bits per heavy atom. The molecule has 2 heterocycles. The molecule has 1 amide bonds. The molecule has 0 aromatic carbocycles. The molecule has 0 fully saturated rings. The number of carbonyl (C=O) groups excluding carboxylic acids is 1. The van der Waals surface area contributed by atoms with Crippen LogP contribution in [0.3, 0.4) is 0 Å². The summed E-state index contributed by atoms with van der Waals surface area (Å²) in [7, 11) is 0. The molecule has 5 nitrogen and oxygen atoms in total. The van der Waals surface area contributed by atoms with E-state index in [4.69, 9.17) is 4.42 Å². The second-order valence-electron chi connectivity index (χ2n) is 4.20. The Labute approximate surface area is 133 Å². The maximum Gasteiger partial charge on any atom is 0.284 e. The topological polar surface area (TPSA) is 67.5 Å². The van der Waals surface area contributed by atoms with E-state index in [-0.39, 0.29) is 18.1 Å². The number of nitrogens with one attached hydrogen (secondary N) is 1. The summed E-state index contributed by atoms with van der Waals surface area (Å²) in [5.74, 6) is -1.83. The Balaban J connectivity index is 1.78. The van der Waals surface area contributed by atoms with Crippen LogP contribution >= 0.6 is 23.1 Å². The Bertz CT molecular complexity index is 655. The van der Waals surface area contributed by atoms with Crippen molar-refractivity contribution in [3.8, 4) is 0 Å². The van der Waals surface area contributed by atoms with Gasteiger partial charge >= 0.3 is 0 Å². The minimum Gasteiger partial charge on any atom is -0.459 e. The van der Waals surface area contributed by atoms with E-state index in [0.717, 1.165) is 5.01 Å². The first kappa shape index (κ1) is 16.6. The molecule has 0 spiro atoms. The number of hydrogen-bond acceptors (Lipinski definition) is 6. The molecule has 2 aromatic rings. The van der Waals surface area contributed by atoms with Crippen LogP contribution < -0.4 is 5.43 Å². The van der Waals surface area contributed by atoms with Gasteiger partial charge in [-0.05, 0) is 19.1 Å². The van der Waals surface area contributed by atoms with Gasteiger partial charge in [-0.25, -0.2) is 10.4 Å². The summed E-state index contributed by atoms with van der Waals surface area (Å²) >= 11 is 1.96. The SMILES string of the molecule is Cc1nc(CC(=O)N/N=C/c2ccc(CSC(F)F)o2)cs1. The van der Waals surface area contributed by atoms with Crippen LogP contribution in [0.5, 0.6) is 0 Å². The van der Waals surface area contributed by atoms with Crippen molar-refractivity contribution in [1.29, 1.82) is 0 Å². The third-order valence-electron chi connectivity index (χ3n) is 2.42. The number of thiazole rings is 1. The van der Waals surface area contributed by atoms with E-state index in [1.807, 2.05) is 12.3 Å². The third kappa shape index (κ3) is 5.57. The molecule has 0 atom stereocenters. The van der Waals surface area contributed by atoms with Crippen LogP contribution in [0.2, 0.25) is 0 Å². The number of furan rings is 1. The maximum atomic E-state index is 12.0. The summed E-state index contributed by atoms with van der Waals surface area (Å²) in [6.07, 6.45) is 1.47. The third-order valence-corrected chi connectivity index (χ3v) is 3.95. The molecule has 9 heteroatoms. The van der Waals surface area contributed by atoms with E-state index in [1.165, 1.54) is 17.6 Å². The first-order chi connectivity index (χ1) is 10.5. The lowest BCUT2D eigenvalue weighted by Crippen LogP contribution is -2.19. The van der Waals surface area contributed by atoms with Crippen LogP contribution in [-0.4, -0.2) is 22.9 Å². The molecule has 0 bridgehead atoms. The van der Waals surface area contributed by atoms with Crippen molar-refractivity contribution in [2.45, 2.75) is 24.9 Å². The first-order valence-electron chi connectivity index (χ1n) is 6.24. The largest absolute Gasteiger partial charge is 0.459 e. The van der Waals surface area contributed by atoms with Crippen LogP contribution in [-0.2, 0) is 17.0 Å². The number of thioether (sulfide) groups is 1. The molecule has 22 heavy (non-hydrogen) atoms. The number of hydrazone groups is 1. The minimum atomic E-state index is -2.43. The zero-order valence-corrected chi connectivity index (χ0v) is 13.2. The lowest BCUT2D eigenvalue weighted by Gasteiger charge is -1.96. The summed E-state index contributed by atoms with van der Waals surface area (Å²) < 4.78 is 29.4. The number of amides is 1. The molecule has 0 radical (unpaired) electrons. The monoisotopic (exact) mass is 345 g/mol. The quantitative estimate of drug-likeness (QED) is 0.618. The molecule has 2 aromatic heterocycles. The Hall–Kier alpha value is -1.74. The van der Waals surface area contributed by atoms with Crippen molar-refractivity contribution in [3.05, 3.63) is 39.7 Å². The zero-order valence-electron chi connectivity index (χ0n) is 11.6. The standard InChI is InChI=1S/C13H13F2N3O2S2/c1-8-17-9(6-21-8)4-12(19)18-16-5-10-2-3-11(20-10)7-22-13(14)15/h2-3,5-6,13H,4,7H2,1H3,(H,18,19)/b16-5+. The number of hydrogen-bond donors (Lipinski definition) is 1. The molecule has 0 aliphatic carbocycles. The molecule has 1 N–H and O–H groups in total.